The van der Waals surface area contributed by atoms with Crippen molar-refractivity contribution in [1.29, 1.82) is 0 Å². The summed E-state index contributed by atoms with van der Waals surface area (Å²) in [7, 11) is -2.14. The van der Waals surface area contributed by atoms with Crippen LogP contribution in [0.5, 0.6) is 5.75 Å². The number of primary amides is 1. The molecule has 0 unspecified atom stereocenters. The zero-order chi connectivity index (χ0) is 13.5. The molecule has 1 aromatic rings. The fourth-order valence-corrected chi connectivity index (χ4v) is 2.33. The zero-order valence-corrected chi connectivity index (χ0v) is 10.5. The van der Waals surface area contributed by atoms with Crippen molar-refractivity contribution in [2.24, 2.45) is 10.9 Å². The molecular formula is C10H13N3O4S. The van der Waals surface area contributed by atoms with Crippen molar-refractivity contribution in [2.45, 2.75) is 4.90 Å². The van der Waals surface area contributed by atoms with Crippen LogP contribution in [-0.4, -0.2) is 34.5 Å². The van der Waals surface area contributed by atoms with Crippen LogP contribution in [0.15, 0.2) is 17.0 Å². The summed E-state index contributed by atoms with van der Waals surface area (Å²) >= 11 is 0. The van der Waals surface area contributed by atoms with Gasteiger partial charge in [0.15, 0.2) is 5.75 Å². The number of likely N-dealkylation sites (N-methyl/N-ethyl adjacent to an activating group) is 1. The Balaban J connectivity index is 2.74. The lowest BCUT2D eigenvalue weighted by molar-refractivity contribution is 0.0996. The molecule has 18 heavy (non-hydrogen) atoms. The largest absolute Gasteiger partial charge is 0.489 e. The van der Waals surface area contributed by atoms with E-state index in [2.05, 4.69) is 0 Å². The zero-order valence-electron chi connectivity index (χ0n) is 9.71. The Kier molecular flexibility index (Phi) is 2.91. The fraction of sp³-hybridized carbons (Fsp3) is 0.300. The molecule has 1 aromatic carbocycles. The summed E-state index contributed by atoms with van der Waals surface area (Å²) in [4.78, 5) is 13.0. The van der Waals surface area contributed by atoms with Gasteiger partial charge < -0.3 is 15.4 Å². The van der Waals surface area contributed by atoms with E-state index in [0.29, 0.717) is 24.6 Å². The molecule has 0 bridgehead atoms. The Hall–Kier alpha value is -1.80. The maximum absolute atomic E-state index is 11.4. The standard InChI is InChI=1S/C10H13N3O4S/c1-13-2-3-17-9-7(10(11)14)4-6(5-8(9)13)18(12,15)16/h4-5H,2-3H2,1H3,(H2,11,14)(H2,12,15,16). The number of amides is 1. The summed E-state index contributed by atoms with van der Waals surface area (Å²) < 4.78 is 28.1. The van der Waals surface area contributed by atoms with Crippen molar-refractivity contribution in [1.82, 2.24) is 0 Å². The normalized spacial score (nSPS) is 14.9. The summed E-state index contributed by atoms with van der Waals surface area (Å²) in [5.74, 6) is -0.462. The Morgan fingerprint density at radius 3 is 2.67 bits per heavy atom. The molecule has 0 radical (unpaired) electrons. The first-order valence-electron chi connectivity index (χ1n) is 5.15. The number of anilines is 1. The Morgan fingerprint density at radius 1 is 1.44 bits per heavy atom. The van der Waals surface area contributed by atoms with Crippen molar-refractivity contribution >= 4 is 21.6 Å². The molecule has 2 rings (SSSR count). The summed E-state index contributed by atoms with van der Waals surface area (Å²) in [6, 6.07) is 2.51. The van der Waals surface area contributed by atoms with Crippen LogP contribution in [0.2, 0.25) is 0 Å². The van der Waals surface area contributed by atoms with E-state index >= 15 is 0 Å². The van der Waals surface area contributed by atoms with Crippen LogP contribution in [0.3, 0.4) is 0 Å². The summed E-state index contributed by atoms with van der Waals surface area (Å²) in [6.07, 6.45) is 0. The molecule has 0 saturated heterocycles. The van der Waals surface area contributed by atoms with E-state index in [9.17, 15) is 13.2 Å². The number of primary sulfonamides is 1. The maximum atomic E-state index is 11.4. The Labute approximate surface area is 104 Å². The van der Waals surface area contributed by atoms with Gasteiger partial charge in [-0.15, -0.1) is 0 Å². The van der Waals surface area contributed by atoms with E-state index < -0.39 is 15.9 Å². The summed E-state index contributed by atoms with van der Waals surface area (Å²) in [5, 5.41) is 5.07. The smallest absolute Gasteiger partial charge is 0.252 e. The topological polar surface area (TPSA) is 116 Å². The molecule has 0 fully saturated rings. The van der Waals surface area contributed by atoms with Gasteiger partial charge in [0.1, 0.15) is 6.61 Å². The van der Waals surface area contributed by atoms with E-state index in [0.717, 1.165) is 6.07 Å². The number of ether oxygens (including phenoxy) is 1. The lowest BCUT2D eigenvalue weighted by Gasteiger charge is -2.29. The second-order valence-electron chi connectivity index (χ2n) is 4.00. The number of rotatable bonds is 2. The molecule has 1 aliphatic heterocycles. The van der Waals surface area contributed by atoms with Gasteiger partial charge >= 0.3 is 0 Å². The number of carbonyl (C=O) groups excluding carboxylic acids is 1. The van der Waals surface area contributed by atoms with Crippen LogP contribution < -0.4 is 20.5 Å². The van der Waals surface area contributed by atoms with Gasteiger partial charge in [-0.2, -0.15) is 0 Å². The average Bonchev–Trinajstić information content (AvgIpc) is 2.27. The first kappa shape index (κ1) is 12.7. The van der Waals surface area contributed by atoms with Crippen LogP contribution in [0.4, 0.5) is 5.69 Å². The number of nitrogens with two attached hydrogens (primary N) is 2. The van der Waals surface area contributed by atoms with Gasteiger partial charge in [-0.25, -0.2) is 13.6 Å². The molecule has 0 aliphatic carbocycles. The SMILES string of the molecule is CN1CCOc2c(C(N)=O)cc(S(N)(=O)=O)cc21. The lowest BCUT2D eigenvalue weighted by Crippen LogP contribution is -2.31. The molecule has 0 spiro atoms. The number of fused-ring (bicyclic) bond motifs is 1. The molecular weight excluding hydrogens is 258 g/mol. The third-order valence-electron chi connectivity index (χ3n) is 2.72. The van der Waals surface area contributed by atoms with Gasteiger partial charge in [-0.1, -0.05) is 0 Å². The molecule has 0 atom stereocenters. The molecule has 1 amide bonds. The van der Waals surface area contributed by atoms with E-state index in [1.165, 1.54) is 6.07 Å². The van der Waals surface area contributed by atoms with E-state index in [1.807, 2.05) is 0 Å². The molecule has 1 aliphatic rings. The average molecular weight is 271 g/mol. The van der Waals surface area contributed by atoms with Gasteiger partial charge in [0.25, 0.3) is 5.91 Å². The van der Waals surface area contributed by atoms with Crippen molar-refractivity contribution in [2.75, 3.05) is 25.1 Å². The van der Waals surface area contributed by atoms with Crippen LogP contribution in [-0.2, 0) is 10.0 Å². The molecule has 98 valence electrons. The highest BCUT2D eigenvalue weighted by atomic mass is 32.2. The molecule has 1 heterocycles. The predicted molar refractivity (Wildman–Crippen MR) is 65.1 cm³/mol. The van der Waals surface area contributed by atoms with E-state index in [4.69, 9.17) is 15.6 Å². The van der Waals surface area contributed by atoms with E-state index in [-0.39, 0.29) is 10.5 Å². The number of sulfonamides is 1. The van der Waals surface area contributed by atoms with Crippen LogP contribution >= 0.6 is 0 Å². The van der Waals surface area contributed by atoms with Crippen molar-refractivity contribution < 1.29 is 17.9 Å². The molecule has 0 saturated carbocycles. The van der Waals surface area contributed by atoms with Gasteiger partial charge in [0.2, 0.25) is 10.0 Å². The van der Waals surface area contributed by atoms with Gasteiger partial charge in [0.05, 0.1) is 22.7 Å². The first-order valence-corrected chi connectivity index (χ1v) is 6.70. The highest BCUT2D eigenvalue weighted by Crippen LogP contribution is 2.36. The quantitative estimate of drug-likeness (QED) is 0.735. The number of hydrogen-bond donors (Lipinski definition) is 2. The number of nitrogens with zero attached hydrogens (tertiary/aromatic N) is 1. The highest BCUT2D eigenvalue weighted by molar-refractivity contribution is 7.89. The minimum Gasteiger partial charge on any atom is -0.489 e. The van der Waals surface area contributed by atoms with Crippen molar-refractivity contribution in [3.63, 3.8) is 0 Å². The Morgan fingerprint density at radius 2 is 2.11 bits per heavy atom. The first-order chi connectivity index (χ1) is 8.30. The summed E-state index contributed by atoms with van der Waals surface area (Å²) in [5.41, 5.74) is 5.73. The molecule has 4 N–H and O–H groups in total. The number of benzene rings is 1. The second kappa shape index (κ2) is 4.14. The molecule has 7 nitrogen and oxygen atoms in total. The highest BCUT2D eigenvalue weighted by Gasteiger charge is 2.24. The van der Waals surface area contributed by atoms with Crippen molar-refractivity contribution in [3.8, 4) is 5.75 Å². The number of carbonyl (C=O) groups is 1. The van der Waals surface area contributed by atoms with Crippen LogP contribution in [0.1, 0.15) is 10.4 Å². The minimum absolute atomic E-state index is 0.0167. The van der Waals surface area contributed by atoms with Crippen LogP contribution in [0.25, 0.3) is 0 Å². The van der Waals surface area contributed by atoms with E-state index in [1.54, 1.807) is 11.9 Å². The fourth-order valence-electron chi connectivity index (χ4n) is 1.78. The van der Waals surface area contributed by atoms with Gasteiger partial charge in [-0.3, -0.25) is 4.79 Å². The third-order valence-corrected chi connectivity index (χ3v) is 3.61. The monoisotopic (exact) mass is 271 g/mol. The second-order valence-corrected chi connectivity index (χ2v) is 5.56. The molecule has 8 heteroatoms. The number of hydrogen-bond acceptors (Lipinski definition) is 5. The lowest BCUT2D eigenvalue weighted by atomic mass is 10.1. The van der Waals surface area contributed by atoms with Gasteiger partial charge in [0, 0.05) is 7.05 Å². The predicted octanol–water partition coefficient (Wildman–Crippen LogP) is -0.738. The maximum Gasteiger partial charge on any atom is 0.252 e. The third kappa shape index (κ3) is 2.12. The molecule has 0 aromatic heterocycles. The van der Waals surface area contributed by atoms with Crippen molar-refractivity contribution in [3.05, 3.63) is 17.7 Å². The Bertz CT molecular complexity index is 612. The van der Waals surface area contributed by atoms with Gasteiger partial charge in [-0.05, 0) is 12.1 Å². The minimum atomic E-state index is -3.91. The summed E-state index contributed by atoms with van der Waals surface area (Å²) in [6.45, 7) is 0.984. The van der Waals surface area contributed by atoms with Crippen LogP contribution in [0, 0.1) is 0 Å².